The number of thiophene rings is 1. The van der Waals surface area contributed by atoms with E-state index < -0.39 is 0 Å². The first-order valence-electron chi connectivity index (χ1n) is 10.4. The van der Waals surface area contributed by atoms with Crippen molar-refractivity contribution in [2.45, 2.75) is 20.8 Å². The SMILES string of the molecule is Cc1cccc(-n2nc(C)c3c(N4CCN(C(=O)c5cccs5)CC4)nc(C)nc32)c1. The molecule has 4 heterocycles. The molecular formula is C23H24N6OS. The molecule has 4 aromatic rings. The van der Waals surface area contributed by atoms with E-state index >= 15 is 0 Å². The normalized spacial score (nSPS) is 14.4. The molecule has 0 atom stereocenters. The molecule has 1 aliphatic heterocycles. The number of carbonyl (C=O) groups is 1. The maximum atomic E-state index is 12.7. The highest BCUT2D eigenvalue weighted by Gasteiger charge is 2.26. The average Bonchev–Trinajstić information content (AvgIpc) is 3.41. The lowest BCUT2D eigenvalue weighted by Crippen LogP contribution is -2.49. The smallest absolute Gasteiger partial charge is 0.264 e. The zero-order valence-electron chi connectivity index (χ0n) is 17.9. The summed E-state index contributed by atoms with van der Waals surface area (Å²) in [5.41, 5.74) is 3.90. The van der Waals surface area contributed by atoms with E-state index in [0.717, 1.165) is 46.2 Å². The quantitative estimate of drug-likeness (QED) is 0.493. The fourth-order valence-corrected chi connectivity index (χ4v) is 4.80. The molecule has 5 rings (SSSR count). The minimum absolute atomic E-state index is 0.113. The van der Waals surface area contributed by atoms with Gasteiger partial charge in [-0.3, -0.25) is 4.79 Å². The maximum absolute atomic E-state index is 12.7. The molecule has 1 fully saturated rings. The van der Waals surface area contributed by atoms with Gasteiger partial charge < -0.3 is 9.80 Å². The number of hydrogen-bond donors (Lipinski definition) is 0. The average molecular weight is 433 g/mol. The number of carbonyl (C=O) groups excluding carboxylic acids is 1. The molecule has 1 saturated heterocycles. The summed E-state index contributed by atoms with van der Waals surface area (Å²) < 4.78 is 1.91. The summed E-state index contributed by atoms with van der Waals surface area (Å²) >= 11 is 1.49. The van der Waals surface area contributed by atoms with E-state index in [9.17, 15) is 4.79 Å². The van der Waals surface area contributed by atoms with Crippen LogP contribution in [-0.2, 0) is 0 Å². The van der Waals surface area contributed by atoms with Gasteiger partial charge in [-0.1, -0.05) is 18.2 Å². The number of aryl methyl sites for hydroxylation is 3. The zero-order valence-corrected chi connectivity index (χ0v) is 18.7. The van der Waals surface area contributed by atoms with Crippen LogP contribution in [0, 0.1) is 20.8 Å². The molecule has 1 aliphatic rings. The molecule has 0 spiro atoms. The molecule has 0 unspecified atom stereocenters. The maximum Gasteiger partial charge on any atom is 0.264 e. The van der Waals surface area contributed by atoms with Gasteiger partial charge in [0, 0.05) is 26.2 Å². The van der Waals surface area contributed by atoms with Crippen molar-refractivity contribution < 1.29 is 4.79 Å². The van der Waals surface area contributed by atoms with Crippen molar-refractivity contribution in [3.8, 4) is 5.69 Å². The largest absolute Gasteiger partial charge is 0.352 e. The fourth-order valence-electron chi connectivity index (χ4n) is 4.11. The highest BCUT2D eigenvalue weighted by Crippen LogP contribution is 2.30. The Hall–Kier alpha value is -3.26. The molecule has 0 radical (unpaired) electrons. The van der Waals surface area contributed by atoms with Crippen LogP contribution in [0.3, 0.4) is 0 Å². The van der Waals surface area contributed by atoms with Gasteiger partial charge in [0.15, 0.2) is 5.65 Å². The molecule has 31 heavy (non-hydrogen) atoms. The lowest BCUT2D eigenvalue weighted by atomic mass is 10.2. The summed E-state index contributed by atoms with van der Waals surface area (Å²) in [4.78, 5) is 27.2. The van der Waals surface area contributed by atoms with E-state index in [1.165, 1.54) is 16.9 Å². The van der Waals surface area contributed by atoms with Crippen molar-refractivity contribution in [1.82, 2.24) is 24.6 Å². The van der Waals surface area contributed by atoms with Gasteiger partial charge in [-0.2, -0.15) is 5.10 Å². The van der Waals surface area contributed by atoms with E-state index in [4.69, 9.17) is 15.1 Å². The van der Waals surface area contributed by atoms with Crippen molar-refractivity contribution >= 4 is 34.1 Å². The van der Waals surface area contributed by atoms with E-state index in [1.807, 2.05) is 53.1 Å². The van der Waals surface area contributed by atoms with Crippen LogP contribution in [0.15, 0.2) is 41.8 Å². The number of fused-ring (bicyclic) bond motifs is 1. The van der Waals surface area contributed by atoms with Gasteiger partial charge in [0.1, 0.15) is 11.6 Å². The van der Waals surface area contributed by atoms with Gasteiger partial charge in [0.25, 0.3) is 5.91 Å². The molecule has 0 saturated carbocycles. The van der Waals surface area contributed by atoms with Crippen molar-refractivity contribution in [3.05, 3.63) is 63.7 Å². The second-order valence-electron chi connectivity index (χ2n) is 7.89. The van der Waals surface area contributed by atoms with Gasteiger partial charge in [-0.25, -0.2) is 14.6 Å². The summed E-state index contributed by atoms with van der Waals surface area (Å²) in [6, 6.07) is 12.1. The second-order valence-corrected chi connectivity index (χ2v) is 8.83. The highest BCUT2D eigenvalue weighted by atomic mass is 32.1. The Labute approximate surface area is 185 Å². The molecule has 0 aliphatic carbocycles. The monoisotopic (exact) mass is 432 g/mol. The number of nitrogens with zero attached hydrogens (tertiary/aromatic N) is 6. The van der Waals surface area contributed by atoms with Crippen LogP contribution >= 0.6 is 11.3 Å². The predicted molar refractivity (Wildman–Crippen MR) is 123 cm³/mol. The number of amides is 1. The molecule has 7 nitrogen and oxygen atoms in total. The predicted octanol–water partition coefficient (Wildman–Crippen LogP) is 3.76. The summed E-state index contributed by atoms with van der Waals surface area (Å²) in [6.45, 7) is 8.81. The molecular weight excluding hydrogens is 408 g/mol. The van der Waals surface area contributed by atoms with Crippen LogP contribution in [0.4, 0.5) is 5.82 Å². The van der Waals surface area contributed by atoms with Gasteiger partial charge >= 0.3 is 0 Å². The lowest BCUT2D eigenvalue weighted by molar-refractivity contribution is 0.0751. The van der Waals surface area contributed by atoms with Crippen LogP contribution in [0.5, 0.6) is 0 Å². The van der Waals surface area contributed by atoms with Crippen molar-refractivity contribution in [2.75, 3.05) is 31.1 Å². The van der Waals surface area contributed by atoms with Gasteiger partial charge in [0.05, 0.1) is 21.6 Å². The number of rotatable bonds is 3. The molecule has 158 valence electrons. The van der Waals surface area contributed by atoms with Crippen molar-refractivity contribution in [1.29, 1.82) is 0 Å². The lowest BCUT2D eigenvalue weighted by Gasteiger charge is -2.35. The Kier molecular flexibility index (Phi) is 4.94. The number of hydrogen-bond acceptors (Lipinski definition) is 6. The standard InChI is InChI=1S/C23H24N6OS/c1-15-6-4-7-18(14-15)29-22-20(16(2)26-29)21(24-17(3)25-22)27-9-11-28(12-10-27)23(30)19-8-5-13-31-19/h4-8,13-14H,9-12H2,1-3H3. The Balaban J connectivity index is 1.48. The Morgan fingerprint density at radius 2 is 1.81 bits per heavy atom. The summed E-state index contributed by atoms with van der Waals surface area (Å²) in [7, 11) is 0. The van der Waals surface area contributed by atoms with Crippen molar-refractivity contribution in [3.63, 3.8) is 0 Å². The third-order valence-corrected chi connectivity index (χ3v) is 6.50. The van der Waals surface area contributed by atoms with Gasteiger partial charge in [0.2, 0.25) is 0 Å². The second kappa shape index (κ2) is 7.77. The van der Waals surface area contributed by atoms with E-state index in [0.29, 0.717) is 18.9 Å². The third-order valence-electron chi connectivity index (χ3n) is 5.64. The van der Waals surface area contributed by atoms with Crippen LogP contribution in [-0.4, -0.2) is 56.7 Å². The van der Waals surface area contributed by atoms with E-state index in [1.54, 1.807) is 0 Å². The molecule has 0 bridgehead atoms. The number of piperazine rings is 1. The van der Waals surface area contributed by atoms with E-state index in [-0.39, 0.29) is 5.91 Å². The van der Waals surface area contributed by atoms with Crippen LogP contribution in [0.2, 0.25) is 0 Å². The van der Waals surface area contributed by atoms with Gasteiger partial charge in [-0.15, -0.1) is 11.3 Å². The zero-order chi connectivity index (χ0) is 21.5. The summed E-state index contributed by atoms with van der Waals surface area (Å²) in [6.07, 6.45) is 0. The number of benzene rings is 1. The first-order valence-corrected chi connectivity index (χ1v) is 11.3. The van der Waals surface area contributed by atoms with Gasteiger partial charge in [-0.05, 0) is 49.9 Å². The first-order chi connectivity index (χ1) is 15.0. The minimum Gasteiger partial charge on any atom is -0.352 e. The van der Waals surface area contributed by atoms with E-state index in [2.05, 4.69) is 24.0 Å². The molecule has 0 N–H and O–H groups in total. The molecule has 8 heteroatoms. The van der Waals surface area contributed by atoms with Crippen LogP contribution in [0.1, 0.15) is 26.8 Å². The Bertz CT molecular complexity index is 1250. The van der Waals surface area contributed by atoms with Crippen LogP contribution < -0.4 is 4.90 Å². The van der Waals surface area contributed by atoms with Crippen LogP contribution in [0.25, 0.3) is 16.7 Å². The number of aromatic nitrogens is 4. The Morgan fingerprint density at radius 1 is 1.00 bits per heavy atom. The Morgan fingerprint density at radius 3 is 2.52 bits per heavy atom. The third kappa shape index (κ3) is 3.57. The molecule has 3 aromatic heterocycles. The first kappa shape index (κ1) is 19.7. The summed E-state index contributed by atoms with van der Waals surface area (Å²) in [5.74, 6) is 1.73. The summed E-state index contributed by atoms with van der Waals surface area (Å²) in [5, 5.41) is 7.72. The topological polar surface area (TPSA) is 67.2 Å². The number of anilines is 1. The fraction of sp³-hybridized carbons (Fsp3) is 0.304. The minimum atomic E-state index is 0.113. The highest BCUT2D eigenvalue weighted by molar-refractivity contribution is 7.12. The van der Waals surface area contributed by atoms with Crippen molar-refractivity contribution in [2.24, 2.45) is 0 Å². The molecule has 1 aromatic carbocycles. The molecule has 1 amide bonds.